The predicted molar refractivity (Wildman–Crippen MR) is 111 cm³/mol. The van der Waals surface area contributed by atoms with Crippen LogP contribution in [-0.2, 0) is 10.0 Å². The fraction of sp³-hybridized carbons (Fsp3) is 0.905. The van der Waals surface area contributed by atoms with Gasteiger partial charge in [0.05, 0.1) is 12.1 Å². The molecular formula is C21H39N3O2S. The lowest BCUT2D eigenvalue weighted by molar-refractivity contribution is 0.544. The van der Waals surface area contributed by atoms with Gasteiger partial charge >= 0.3 is 0 Å². The minimum Gasteiger partial charge on any atom is -0.214 e. The average Bonchev–Trinajstić information content (AvgIpc) is 2.65. The van der Waals surface area contributed by atoms with Crippen LogP contribution in [0.25, 0.3) is 0 Å². The molecule has 6 heteroatoms. The van der Waals surface area contributed by atoms with E-state index in [0.29, 0.717) is 19.4 Å². The largest absolute Gasteiger partial charge is 0.227 e. The van der Waals surface area contributed by atoms with Crippen LogP contribution in [0, 0.1) is 22.7 Å². The number of nitrogens with one attached hydrogen (secondary N) is 1. The van der Waals surface area contributed by atoms with Crippen LogP contribution >= 0.6 is 0 Å². The molecule has 0 saturated heterocycles. The molecule has 0 heterocycles. The van der Waals surface area contributed by atoms with E-state index in [1.54, 1.807) is 0 Å². The molecule has 0 aromatic rings. The molecule has 0 aliphatic heterocycles. The number of hydrogen-bond donors (Lipinski definition) is 1. The first-order valence-corrected chi connectivity index (χ1v) is 12.4. The van der Waals surface area contributed by atoms with Crippen molar-refractivity contribution in [2.24, 2.45) is 0 Å². The molecule has 0 fully saturated rings. The lowest BCUT2D eigenvalue weighted by Crippen LogP contribution is -2.34. The Morgan fingerprint density at radius 3 is 1.85 bits per heavy atom. The second kappa shape index (κ2) is 18.3. The zero-order chi connectivity index (χ0) is 20.2. The van der Waals surface area contributed by atoms with Crippen LogP contribution in [-0.4, -0.2) is 20.2 Å². The van der Waals surface area contributed by atoms with E-state index in [9.17, 15) is 13.7 Å². The van der Waals surface area contributed by atoms with Crippen molar-refractivity contribution in [1.29, 1.82) is 10.5 Å². The Kier molecular flexibility index (Phi) is 17.5. The molecule has 0 aliphatic rings. The molecule has 0 aliphatic carbocycles. The summed E-state index contributed by atoms with van der Waals surface area (Å²) >= 11 is 0. The van der Waals surface area contributed by atoms with Gasteiger partial charge in [-0.1, -0.05) is 84.0 Å². The molecule has 0 amide bonds. The third-order valence-electron chi connectivity index (χ3n) is 4.86. The molecular weight excluding hydrogens is 358 g/mol. The van der Waals surface area contributed by atoms with E-state index in [1.807, 2.05) is 6.07 Å². The summed E-state index contributed by atoms with van der Waals surface area (Å²) in [6.45, 7) is 2.61. The maximum Gasteiger partial charge on any atom is 0.227 e. The standard InChI is InChI=1S/C21H39N3O2S/c1-2-3-4-5-8-11-14-17-21(20-23)27(25,26)24-19-16-13-10-7-6-9-12-15-18-22/h21,24H,2-17,19H2,1H3. The molecule has 27 heavy (non-hydrogen) atoms. The van der Waals surface area contributed by atoms with Crippen LogP contribution in [0.5, 0.6) is 0 Å². The van der Waals surface area contributed by atoms with E-state index in [2.05, 4.69) is 17.7 Å². The highest BCUT2D eigenvalue weighted by Gasteiger charge is 2.23. The SMILES string of the molecule is CCCCCCCCCC(C#N)S(=O)(=O)NCCCCCCCCCC#N. The highest BCUT2D eigenvalue weighted by atomic mass is 32.2. The topological polar surface area (TPSA) is 93.8 Å². The summed E-state index contributed by atoms with van der Waals surface area (Å²) in [6, 6.07) is 4.12. The third kappa shape index (κ3) is 15.6. The molecule has 0 aromatic carbocycles. The van der Waals surface area contributed by atoms with Crippen LogP contribution in [0.1, 0.15) is 110 Å². The average molecular weight is 398 g/mol. The lowest BCUT2D eigenvalue weighted by atomic mass is 10.1. The number of hydrogen-bond acceptors (Lipinski definition) is 4. The van der Waals surface area contributed by atoms with Crippen molar-refractivity contribution < 1.29 is 8.42 Å². The molecule has 0 bridgehead atoms. The molecule has 1 atom stereocenters. The third-order valence-corrected chi connectivity index (χ3v) is 6.55. The van der Waals surface area contributed by atoms with Crippen LogP contribution < -0.4 is 4.72 Å². The van der Waals surface area contributed by atoms with Gasteiger partial charge in [0.2, 0.25) is 10.0 Å². The Hall–Kier alpha value is -1.11. The summed E-state index contributed by atoms with van der Waals surface area (Å²) in [4.78, 5) is 0. The Labute approximate surface area is 167 Å². The van der Waals surface area contributed by atoms with Crippen molar-refractivity contribution in [3.05, 3.63) is 0 Å². The zero-order valence-corrected chi connectivity index (χ0v) is 18.0. The second-order valence-electron chi connectivity index (χ2n) is 7.35. The van der Waals surface area contributed by atoms with E-state index in [0.717, 1.165) is 64.2 Å². The fourth-order valence-corrected chi connectivity index (χ4v) is 4.35. The van der Waals surface area contributed by atoms with Gasteiger partial charge < -0.3 is 0 Å². The molecule has 1 N–H and O–H groups in total. The summed E-state index contributed by atoms with van der Waals surface area (Å²) in [5.41, 5.74) is 0. The summed E-state index contributed by atoms with van der Waals surface area (Å²) in [6.07, 6.45) is 16.2. The maximum absolute atomic E-state index is 12.2. The molecule has 0 radical (unpaired) electrons. The van der Waals surface area contributed by atoms with E-state index in [4.69, 9.17) is 5.26 Å². The molecule has 0 aromatic heterocycles. The first-order valence-electron chi connectivity index (χ1n) is 10.8. The number of nitrogens with zero attached hydrogens (tertiary/aromatic N) is 2. The molecule has 0 rings (SSSR count). The van der Waals surface area contributed by atoms with E-state index in [-0.39, 0.29) is 0 Å². The molecule has 1 unspecified atom stereocenters. The minimum absolute atomic E-state index is 0.423. The van der Waals surface area contributed by atoms with Crippen molar-refractivity contribution in [3.8, 4) is 12.1 Å². The van der Waals surface area contributed by atoms with Crippen molar-refractivity contribution >= 4 is 10.0 Å². The van der Waals surface area contributed by atoms with Crippen LogP contribution in [0.4, 0.5) is 0 Å². The van der Waals surface area contributed by atoms with E-state index < -0.39 is 15.3 Å². The van der Waals surface area contributed by atoms with Gasteiger partial charge in [-0.25, -0.2) is 13.1 Å². The van der Waals surface area contributed by atoms with Crippen molar-refractivity contribution in [1.82, 2.24) is 4.72 Å². The van der Waals surface area contributed by atoms with Gasteiger partial charge in [-0.05, 0) is 19.3 Å². The Bertz CT molecular complexity index is 521. The van der Waals surface area contributed by atoms with Gasteiger partial charge in [0.25, 0.3) is 0 Å². The van der Waals surface area contributed by atoms with Crippen molar-refractivity contribution in [2.75, 3.05) is 6.54 Å². The molecule has 5 nitrogen and oxygen atoms in total. The maximum atomic E-state index is 12.2. The molecule has 156 valence electrons. The van der Waals surface area contributed by atoms with Gasteiger partial charge in [0, 0.05) is 13.0 Å². The first-order chi connectivity index (χ1) is 13.1. The molecule has 0 saturated carbocycles. The second-order valence-corrected chi connectivity index (χ2v) is 9.30. The lowest BCUT2D eigenvalue weighted by Gasteiger charge is -2.12. The summed E-state index contributed by atoms with van der Waals surface area (Å²) in [5, 5.41) is 16.7. The Morgan fingerprint density at radius 2 is 1.30 bits per heavy atom. The van der Waals surface area contributed by atoms with Gasteiger partial charge in [-0.15, -0.1) is 0 Å². The van der Waals surface area contributed by atoms with E-state index in [1.165, 1.54) is 25.7 Å². The monoisotopic (exact) mass is 397 g/mol. The Balaban J connectivity index is 3.75. The number of rotatable bonds is 19. The number of unbranched alkanes of at least 4 members (excludes halogenated alkanes) is 13. The van der Waals surface area contributed by atoms with Gasteiger partial charge in [-0.2, -0.15) is 10.5 Å². The minimum atomic E-state index is -3.52. The van der Waals surface area contributed by atoms with Crippen molar-refractivity contribution in [3.63, 3.8) is 0 Å². The number of sulfonamides is 1. The highest BCUT2D eigenvalue weighted by molar-refractivity contribution is 7.90. The quantitative estimate of drug-likeness (QED) is 0.288. The van der Waals surface area contributed by atoms with Gasteiger partial charge in [0.15, 0.2) is 5.25 Å². The normalized spacial score (nSPS) is 12.4. The van der Waals surface area contributed by atoms with Gasteiger partial charge in [-0.3, -0.25) is 0 Å². The van der Waals surface area contributed by atoms with Gasteiger partial charge in [0.1, 0.15) is 0 Å². The fourth-order valence-electron chi connectivity index (χ4n) is 3.10. The highest BCUT2D eigenvalue weighted by Crippen LogP contribution is 2.13. The summed E-state index contributed by atoms with van der Waals surface area (Å²) in [5.74, 6) is 0. The number of nitriles is 2. The molecule has 0 spiro atoms. The summed E-state index contributed by atoms with van der Waals surface area (Å²) < 4.78 is 27.1. The van der Waals surface area contributed by atoms with Crippen LogP contribution in [0.3, 0.4) is 0 Å². The smallest absolute Gasteiger partial charge is 0.214 e. The van der Waals surface area contributed by atoms with Crippen LogP contribution in [0.15, 0.2) is 0 Å². The van der Waals surface area contributed by atoms with E-state index >= 15 is 0 Å². The Morgan fingerprint density at radius 1 is 0.778 bits per heavy atom. The van der Waals surface area contributed by atoms with Crippen LogP contribution in [0.2, 0.25) is 0 Å². The first kappa shape index (κ1) is 25.9. The predicted octanol–water partition coefficient (Wildman–Crippen LogP) is 5.58. The summed E-state index contributed by atoms with van der Waals surface area (Å²) in [7, 11) is -3.52. The zero-order valence-electron chi connectivity index (χ0n) is 17.2. The van der Waals surface area contributed by atoms with Crippen molar-refractivity contribution in [2.45, 2.75) is 115 Å².